The largest absolute Gasteiger partial charge is 0.378 e. The van der Waals surface area contributed by atoms with Crippen LogP contribution < -0.4 is 5.32 Å². The topological polar surface area (TPSA) is 96.0 Å². The summed E-state index contributed by atoms with van der Waals surface area (Å²) in [6.45, 7) is 9.54. The second-order valence-corrected chi connectivity index (χ2v) is 8.64. The van der Waals surface area contributed by atoms with Gasteiger partial charge in [0.1, 0.15) is 6.04 Å². The number of nitrogens with one attached hydrogen (secondary N) is 1. The van der Waals surface area contributed by atoms with Crippen LogP contribution in [0.15, 0.2) is 23.1 Å². The normalized spacial score (nSPS) is 16.1. The molecule has 2 amide bonds. The second-order valence-electron chi connectivity index (χ2n) is 6.70. The summed E-state index contributed by atoms with van der Waals surface area (Å²) in [5, 5.41) is 2.69. The summed E-state index contributed by atoms with van der Waals surface area (Å²) in [4.78, 5) is 27.0. The highest BCUT2D eigenvalue weighted by molar-refractivity contribution is 7.89. The monoisotopic (exact) mass is 411 g/mol. The second kappa shape index (κ2) is 9.49. The lowest BCUT2D eigenvalue weighted by Crippen LogP contribution is -2.50. The molecule has 28 heavy (non-hydrogen) atoms. The van der Waals surface area contributed by atoms with Crippen LogP contribution in [0.3, 0.4) is 0 Å². The third-order valence-corrected chi connectivity index (χ3v) is 6.88. The molecule has 0 bridgehead atoms. The van der Waals surface area contributed by atoms with E-state index in [1.165, 1.54) is 16.4 Å². The van der Waals surface area contributed by atoms with Crippen molar-refractivity contribution in [3.63, 3.8) is 0 Å². The van der Waals surface area contributed by atoms with Crippen LogP contribution in [0, 0.1) is 6.92 Å². The molecule has 1 atom stereocenters. The van der Waals surface area contributed by atoms with Gasteiger partial charge in [-0.15, -0.1) is 0 Å². The SMILES string of the molecule is CCN(CC)S(=O)(=O)c1ccc(C)c(C(=O)NC(C)C(=O)N2CCOCC2)c1. The van der Waals surface area contributed by atoms with E-state index >= 15 is 0 Å². The Morgan fingerprint density at radius 2 is 1.82 bits per heavy atom. The minimum atomic E-state index is -3.67. The Kier molecular flexibility index (Phi) is 7.56. The standard InChI is InChI=1S/C19H29N3O5S/c1-5-22(6-2)28(25,26)16-8-7-14(3)17(13-16)18(23)20-15(4)19(24)21-9-11-27-12-10-21/h7-8,13,15H,5-6,9-12H2,1-4H3,(H,20,23). The molecule has 0 aliphatic carbocycles. The number of hydrogen-bond acceptors (Lipinski definition) is 5. The summed E-state index contributed by atoms with van der Waals surface area (Å²) < 4.78 is 32.1. The molecule has 1 aliphatic heterocycles. The number of carbonyl (C=O) groups is 2. The first-order valence-electron chi connectivity index (χ1n) is 9.50. The summed E-state index contributed by atoms with van der Waals surface area (Å²) >= 11 is 0. The fourth-order valence-electron chi connectivity index (χ4n) is 3.11. The fourth-order valence-corrected chi connectivity index (χ4v) is 4.60. The van der Waals surface area contributed by atoms with Gasteiger partial charge in [-0.05, 0) is 31.5 Å². The van der Waals surface area contributed by atoms with Crippen molar-refractivity contribution in [1.82, 2.24) is 14.5 Å². The van der Waals surface area contributed by atoms with Crippen molar-refractivity contribution in [3.05, 3.63) is 29.3 Å². The van der Waals surface area contributed by atoms with E-state index < -0.39 is 22.0 Å². The summed E-state index contributed by atoms with van der Waals surface area (Å²) in [7, 11) is -3.67. The molecular formula is C19H29N3O5S. The Morgan fingerprint density at radius 3 is 2.39 bits per heavy atom. The van der Waals surface area contributed by atoms with Gasteiger partial charge in [0.05, 0.1) is 18.1 Å². The first kappa shape index (κ1) is 22.3. The van der Waals surface area contributed by atoms with E-state index in [-0.39, 0.29) is 16.4 Å². The van der Waals surface area contributed by atoms with Gasteiger partial charge in [-0.25, -0.2) is 8.42 Å². The van der Waals surface area contributed by atoms with Crippen molar-refractivity contribution in [1.29, 1.82) is 0 Å². The molecule has 1 heterocycles. The van der Waals surface area contributed by atoms with Crippen LogP contribution in [0.4, 0.5) is 0 Å². The maximum atomic E-state index is 12.7. The van der Waals surface area contributed by atoms with E-state index in [1.54, 1.807) is 38.7 Å². The van der Waals surface area contributed by atoms with E-state index in [0.717, 1.165) is 0 Å². The molecule has 156 valence electrons. The van der Waals surface area contributed by atoms with Crippen molar-refractivity contribution in [2.75, 3.05) is 39.4 Å². The van der Waals surface area contributed by atoms with Gasteiger partial charge < -0.3 is 15.0 Å². The number of benzene rings is 1. The van der Waals surface area contributed by atoms with Crippen LogP contribution in [0.1, 0.15) is 36.7 Å². The molecule has 1 aromatic rings. The zero-order valence-electron chi connectivity index (χ0n) is 16.9. The highest BCUT2D eigenvalue weighted by Gasteiger charge is 2.26. The predicted molar refractivity (Wildman–Crippen MR) is 106 cm³/mol. The van der Waals surface area contributed by atoms with Crippen molar-refractivity contribution in [3.8, 4) is 0 Å². The highest BCUT2D eigenvalue weighted by atomic mass is 32.2. The lowest BCUT2D eigenvalue weighted by molar-refractivity contribution is -0.136. The molecule has 1 N–H and O–H groups in total. The summed E-state index contributed by atoms with van der Waals surface area (Å²) in [6, 6.07) is 3.78. The maximum absolute atomic E-state index is 12.7. The minimum Gasteiger partial charge on any atom is -0.378 e. The molecule has 1 aromatic carbocycles. The maximum Gasteiger partial charge on any atom is 0.252 e. The summed E-state index contributed by atoms with van der Waals surface area (Å²) in [6.07, 6.45) is 0. The lowest BCUT2D eigenvalue weighted by Gasteiger charge is -2.29. The van der Waals surface area contributed by atoms with Crippen LogP contribution >= 0.6 is 0 Å². The Bertz CT molecular complexity index is 815. The van der Waals surface area contributed by atoms with E-state index in [4.69, 9.17) is 4.74 Å². The van der Waals surface area contributed by atoms with Crippen LogP contribution in [0.25, 0.3) is 0 Å². The average molecular weight is 412 g/mol. The van der Waals surface area contributed by atoms with Gasteiger partial charge in [-0.2, -0.15) is 4.31 Å². The number of ether oxygens (including phenoxy) is 1. The number of nitrogens with zero attached hydrogens (tertiary/aromatic N) is 2. The zero-order valence-corrected chi connectivity index (χ0v) is 17.7. The Morgan fingerprint density at radius 1 is 1.21 bits per heavy atom. The van der Waals surface area contributed by atoms with Gasteiger partial charge in [-0.1, -0.05) is 19.9 Å². The fraction of sp³-hybridized carbons (Fsp3) is 0.579. The van der Waals surface area contributed by atoms with Gasteiger partial charge >= 0.3 is 0 Å². The predicted octanol–water partition coefficient (Wildman–Crippen LogP) is 1.00. The zero-order chi connectivity index (χ0) is 20.9. The molecule has 1 aliphatic rings. The first-order valence-corrected chi connectivity index (χ1v) is 10.9. The molecule has 0 aromatic heterocycles. The van der Waals surface area contributed by atoms with Crippen LogP contribution in [0.2, 0.25) is 0 Å². The van der Waals surface area contributed by atoms with Gasteiger partial charge in [0.2, 0.25) is 15.9 Å². The number of hydrogen-bond donors (Lipinski definition) is 1. The van der Waals surface area contributed by atoms with Gasteiger partial charge in [0.25, 0.3) is 5.91 Å². The quantitative estimate of drug-likeness (QED) is 0.722. The van der Waals surface area contributed by atoms with Crippen molar-refractivity contribution in [2.45, 2.75) is 38.6 Å². The van der Waals surface area contributed by atoms with Gasteiger partial charge in [-0.3, -0.25) is 9.59 Å². The Balaban J connectivity index is 2.20. The molecule has 0 saturated carbocycles. The van der Waals surface area contributed by atoms with Crippen molar-refractivity contribution in [2.24, 2.45) is 0 Å². The van der Waals surface area contributed by atoms with Gasteiger partial charge in [0.15, 0.2) is 0 Å². The molecule has 1 unspecified atom stereocenters. The molecule has 1 saturated heterocycles. The number of amides is 2. The van der Waals surface area contributed by atoms with Crippen LogP contribution in [-0.4, -0.2) is 74.9 Å². The Labute approximate surface area is 166 Å². The number of aryl methyl sites for hydroxylation is 1. The third kappa shape index (κ3) is 4.89. The van der Waals surface area contributed by atoms with Crippen LogP contribution in [-0.2, 0) is 19.6 Å². The average Bonchev–Trinajstić information content (AvgIpc) is 2.68. The number of carbonyl (C=O) groups excluding carboxylic acids is 2. The van der Waals surface area contributed by atoms with E-state index in [1.807, 2.05) is 0 Å². The van der Waals surface area contributed by atoms with E-state index in [2.05, 4.69) is 5.32 Å². The third-order valence-electron chi connectivity index (χ3n) is 4.84. The molecule has 0 radical (unpaired) electrons. The van der Waals surface area contributed by atoms with Gasteiger partial charge in [0, 0.05) is 31.7 Å². The molecule has 8 nitrogen and oxygen atoms in total. The lowest BCUT2D eigenvalue weighted by atomic mass is 10.1. The highest BCUT2D eigenvalue weighted by Crippen LogP contribution is 2.20. The molecule has 2 rings (SSSR count). The van der Waals surface area contributed by atoms with Crippen molar-refractivity contribution < 1.29 is 22.7 Å². The smallest absolute Gasteiger partial charge is 0.252 e. The number of rotatable bonds is 7. The molecular weight excluding hydrogens is 382 g/mol. The number of morpholine rings is 1. The van der Waals surface area contributed by atoms with Crippen LogP contribution in [0.5, 0.6) is 0 Å². The summed E-state index contributed by atoms with van der Waals surface area (Å²) in [5.74, 6) is -0.649. The molecule has 0 spiro atoms. The Hall–Kier alpha value is -1.97. The number of sulfonamides is 1. The first-order chi connectivity index (χ1) is 13.2. The molecule has 1 fully saturated rings. The van der Waals surface area contributed by atoms with Crippen molar-refractivity contribution >= 4 is 21.8 Å². The van der Waals surface area contributed by atoms with E-state index in [0.29, 0.717) is 45.0 Å². The summed E-state index contributed by atoms with van der Waals surface area (Å²) in [5.41, 5.74) is 0.886. The van der Waals surface area contributed by atoms with E-state index in [9.17, 15) is 18.0 Å². The minimum absolute atomic E-state index is 0.0686. The molecule has 9 heteroatoms.